The van der Waals surface area contributed by atoms with Gasteiger partial charge in [-0.05, 0) is 55.4 Å². The predicted octanol–water partition coefficient (Wildman–Crippen LogP) is 2.21. The molecule has 1 unspecified atom stereocenters. The van der Waals surface area contributed by atoms with Gasteiger partial charge in [0.1, 0.15) is 6.10 Å². The number of benzene rings is 1. The molecule has 2 aromatic rings. The van der Waals surface area contributed by atoms with E-state index in [1.165, 1.54) is 41.4 Å². The molecule has 27 heavy (non-hydrogen) atoms. The molecule has 0 saturated carbocycles. The summed E-state index contributed by atoms with van der Waals surface area (Å²) in [6, 6.07) is 5.55. The zero-order valence-electron chi connectivity index (χ0n) is 15.3. The van der Waals surface area contributed by atoms with E-state index >= 15 is 0 Å². The second-order valence-electron chi connectivity index (χ2n) is 6.90. The molecule has 0 spiro atoms. The monoisotopic (exact) mass is 389 g/mol. The third-order valence-electron chi connectivity index (χ3n) is 5.17. The van der Waals surface area contributed by atoms with Crippen molar-refractivity contribution in [1.29, 1.82) is 0 Å². The second-order valence-corrected chi connectivity index (χ2v) is 8.84. The number of hydrogen-bond acceptors (Lipinski definition) is 6. The van der Waals surface area contributed by atoms with Gasteiger partial charge < -0.3 is 9.47 Å². The third kappa shape index (κ3) is 3.64. The Kier molecular flexibility index (Phi) is 5.01. The Morgan fingerprint density at radius 2 is 1.81 bits per heavy atom. The van der Waals surface area contributed by atoms with Gasteiger partial charge in [-0.25, -0.2) is 18.4 Å². The lowest BCUT2D eigenvalue weighted by atomic mass is 9.92. The van der Waals surface area contributed by atoms with E-state index in [4.69, 9.17) is 9.47 Å². The van der Waals surface area contributed by atoms with E-state index < -0.39 is 10.0 Å². The lowest BCUT2D eigenvalue weighted by molar-refractivity contribution is 0.194. The minimum atomic E-state index is -3.53. The second kappa shape index (κ2) is 7.44. The molecule has 1 aliphatic carbocycles. The lowest BCUT2D eigenvalue weighted by Gasteiger charge is -2.20. The number of nitrogens with zero attached hydrogens (tertiary/aromatic N) is 3. The molecule has 4 rings (SSSR count). The van der Waals surface area contributed by atoms with Gasteiger partial charge >= 0.3 is 0 Å². The zero-order valence-corrected chi connectivity index (χ0v) is 16.1. The molecular formula is C19H23N3O4S. The SMILES string of the molecule is COc1nccnc1OC1CCN(S(=O)(=O)c2ccc3c(c2)CCCC3)C1. The summed E-state index contributed by atoms with van der Waals surface area (Å²) in [4.78, 5) is 8.56. The van der Waals surface area contributed by atoms with Crippen LogP contribution in [0.1, 0.15) is 30.4 Å². The Morgan fingerprint density at radius 3 is 2.59 bits per heavy atom. The number of hydrogen-bond donors (Lipinski definition) is 0. The summed E-state index contributed by atoms with van der Waals surface area (Å²) in [5.41, 5.74) is 2.44. The summed E-state index contributed by atoms with van der Waals surface area (Å²) in [5, 5.41) is 0. The summed E-state index contributed by atoms with van der Waals surface area (Å²) in [6.45, 7) is 0.714. The highest BCUT2D eigenvalue weighted by atomic mass is 32.2. The highest BCUT2D eigenvalue weighted by Gasteiger charge is 2.34. The van der Waals surface area contributed by atoms with Gasteiger partial charge in [0.15, 0.2) is 0 Å². The third-order valence-corrected chi connectivity index (χ3v) is 7.03. The fourth-order valence-electron chi connectivity index (χ4n) is 3.72. The number of aryl methyl sites for hydroxylation is 2. The normalized spacial score (nSPS) is 20.3. The topological polar surface area (TPSA) is 81.6 Å². The van der Waals surface area contributed by atoms with Crippen molar-refractivity contribution in [3.8, 4) is 11.8 Å². The summed E-state index contributed by atoms with van der Waals surface area (Å²) in [5.74, 6) is 0.589. The highest BCUT2D eigenvalue weighted by molar-refractivity contribution is 7.89. The number of methoxy groups -OCH3 is 1. The van der Waals surface area contributed by atoms with E-state index in [0.717, 1.165) is 19.3 Å². The molecule has 0 bridgehead atoms. The molecule has 1 saturated heterocycles. The molecule has 2 heterocycles. The van der Waals surface area contributed by atoms with E-state index in [0.29, 0.717) is 30.3 Å². The zero-order chi connectivity index (χ0) is 18.9. The van der Waals surface area contributed by atoms with Gasteiger partial charge in [0, 0.05) is 18.9 Å². The Balaban J connectivity index is 1.49. The van der Waals surface area contributed by atoms with Gasteiger partial charge in [-0.15, -0.1) is 0 Å². The van der Waals surface area contributed by atoms with E-state index in [9.17, 15) is 8.42 Å². The van der Waals surface area contributed by atoms with Crippen molar-refractivity contribution in [2.24, 2.45) is 0 Å². The van der Waals surface area contributed by atoms with Crippen molar-refractivity contribution in [1.82, 2.24) is 14.3 Å². The maximum atomic E-state index is 13.1. The molecule has 0 amide bonds. The van der Waals surface area contributed by atoms with Crippen LogP contribution in [-0.4, -0.2) is 49.0 Å². The fraction of sp³-hybridized carbons (Fsp3) is 0.474. The van der Waals surface area contributed by atoms with Crippen molar-refractivity contribution < 1.29 is 17.9 Å². The van der Waals surface area contributed by atoms with Crippen LogP contribution in [0.3, 0.4) is 0 Å². The Labute approximate surface area is 159 Å². The molecule has 0 radical (unpaired) electrons. The average molecular weight is 389 g/mol. The van der Waals surface area contributed by atoms with Gasteiger partial charge in [0.25, 0.3) is 11.8 Å². The molecular weight excluding hydrogens is 366 g/mol. The van der Waals surface area contributed by atoms with E-state index in [-0.39, 0.29) is 12.0 Å². The van der Waals surface area contributed by atoms with Gasteiger partial charge in [0.2, 0.25) is 10.0 Å². The first-order valence-corrected chi connectivity index (χ1v) is 10.7. The van der Waals surface area contributed by atoms with Crippen molar-refractivity contribution in [2.45, 2.75) is 43.1 Å². The molecule has 1 fully saturated rings. The highest BCUT2D eigenvalue weighted by Crippen LogP contribution is 2.29. The van der Waals surface area contributed by atoms with E-state index in [1.54, 1.807) is 6.07 Å². The number of sulfonamides is 1. The molecule has 0 N–H and O–H groups in total. The van der Waals surface area contributed by atoms with Crippen LogP contribution in [0.25, 0.3) is 0 Å². The van der Waals surface area contributed by atoms with Crippen LogP contribution in [0.4, 0.5) is 0 Å². The summed E-state index contributed by atoms with van der Waals surface area (Å²) >= 11 is 0. The molecule has 144 valence electrons. The maximum absolute atomic E-state index is 13.1. The van der Waals surface area contributed by atoms with Gasteiger partial charge in [-0.1, -0.05) is 6.07 Å². The molecule has 7 nitrogen and oxygen atoms in total. The van der Waals surface area contributed by atoms with Crippen LogP contribution in [0.15, 0.2) is 35.5 Å². The minimum Gasteiger partial charge on any atom is -0.477 e. The number of ether oxygens (including phenoxy) is 2. The van der Waals surface area contributed by atoms with Crippen molar-refractivity contribution in [3.05, 3.63) is 41.7 Å². The van der Waals surface area contributed by atoms with E-state index in [2.05, 4.69) is 9.97 Å². The largest absolute Gasteiger partial charge is 0.477 e. The standard InChI is InChI=1S/C19H23N3O4S/c1-25-18-19(21-10-9-20-18)26-16-8-11-22(13-16)27(23,24)17-7-6-14-4-2-3-5-15(14)12-17/h6-7,9-10,12,16H,2-5,8,11,13H2,1H3. The molecule has 1 atom stereocenters. The van der Waals surface area contributed by atoms with Crippen LogP contribution >= 0.6 is 0 Å². The Morgan fingerprint density at radius 1 is 1.07 bits per heavy atom. The summed E-state index contributed by atoms with van der Waals surface area (Å²) < 4.78 is 38.6. The number of rotatable bonds is 5. The molecule has 8 heteroatoms. The van der Waals surface area contributed by atoms with Crippen molar-refractivity contribution in [2.75, 3.05) is 20.2 Å². The van der Waals surface area contributed by atoms with Crippen LogP contribution < -0.4 is 9.47 Å². The van der Waals surface area contributed by atoms with Gasteiger partial charge in [0.05, 0.1) is 18.6 Å². The molecule has 1 aromatic carbocycles. The fourth-order valence-corrected chi connectivity index (χ4v) is 5.26. The van der Waals surface area contributed by atoms with Crippen LogP contribution in [0, 0.1) is 0 Å². The van der Waals surface area contributed by atoms with Crippen LogP contribution in [0.5, 0.6) is 11.8 Å². The lowest BCUT2D eigenvalue weighted by Crippen LogP contribution is -2.31. The predicted molar refractivity (Wildman–Crippen MR) is 99.5 cm³/mol. The first-order chi connectivity index (χ1) is 13.1. The van der Waals surface area contributed by atoms with Crippen molar-refractivity contribution in [3.63, 3.8) is 0 Å². The smallest absolute Gasteiger partial charge is 0.278 e. The van der Waals surface area contributed by atoms with Gasteiger partial charge in [-0.3, -0.25) is 0 Å². The first-order valence-electron chi connectivity index (χ1n) is 9.21. The number of fused-ring (bicyclic) bond motifs is 1. The quantitative estimate of drug-likeness (QED) is 0.780. The minimum absolute atomic E-state index is 0.275. The first kappa shape index (κ1) is 18.2. The average Bonchev–Trinajstić information content (AvgIpc) is 3.17. The molecule has 2 aliphatic rings. The summed E-state index contributed by atoms with van der Waals surface area (Å²) in [7, 11) is -2.03. The van der Waals surface area contributed by atoms with Gasteiger partial charge in [-0.2, -0.15) is 4.31 Å². The van der Waals surface area contributed by atoms with E-state index in [1.807, 2.05) is 12.1 Å². The molecule has 1 aliphatic heterocycles. The summed E-state index contributed by atoms with van der Waals surface area (Å²) in [6.07, 6.45) is 7.66. The Bertz CT molecular complexity index is 932. The van der Waals surface area contributed by atoms with Crippen LogP contribution in [-0.2, 0) is 22.9 Å². The van der Waals surface area contributed by atoms with Crippen LogP contribution in [0.2, 0.25) is 0 Å². The maximum Gasteiger partial charge on any atom is 0.278 e. The molecule has 1 aromatic heterocycles. The number of aromatic nitrogens is 2. The van der Waals surface area contributed by atoms with Crippen molar-refractivity contribution >= 4 is 10.0 Å². The Hall–Kier alpha value is -2.19.